The van der Waals surface area contributed by atoms with Crippen molar-refractivity contribution in [3.8, 4) is 22.5 Å². The Hall–Kier alpha value is -3.73. The van der Waals surface area contributed by atoms with Gasteiger partial charge in [-0.3, -0.25) is 10.1 Å². The van der Waals surface area contributed by atoms with Gasteiger partial charge in [0.2, 0.25) is 11.4 Å². The number of nitro benzene ring substituents is 1. The fourth-order valence-electron chi connectivity index (χ4n) is 3.12. The first kappa shape index (κ1) is 15.8. The molecule has 0 fully saturated rings. The number of benzene rings is 3. The number of nitro groups is 1. The summed E-state index contributed by atoms with van der Waals surface area (Å²) in [6.07, 6.45) is 0. The van der Waals surface area contributed by atoms with Crippen molar-refractivity contribution in [3.63, 3.8) is 0 Å². The number of nitrogens with zero attached hydrogens (tertiary/aromatic N) is 2. The average molecular weight is 342 g/mol. The summed E-state index contributed by atoms with van der Waals surface area (Å²) in [6, 6.07) is 24.9. The van der Waals surface area contributed by atoms with Gasteiger partial charge in [0.25, 0.3) is 5.69 Å². The SMILES string of the molecule is O=[N+]([O-])c1cccc(-c2c3ccccc3cc(-c3ccccc3)[n+]2[O-])c1. The van der Waals surface area contributed by atoms with E-state index >= 15 is 0 Å². The molecular formula is C21H14N2O3. The normalized spacial score (nSPS) is 10.8. The minimum absolute atomic E-state index is 0.0447. The maximum atomic E-state index is 13.2. The molecule has 5 nitrogen and oxygen atoms in total. The Morgan fingerprint density at radius 1 is 0.769 bits per heavy atom. The van der Waals surface area contributed by atoms with Crippen molar-refractivity contribution in [2.45, 2.75) is 0 Å². The lowest BCUT2D eigenvalue weighted by Gasteiger charge is -2.13. The van der Waals surface area contributed by atoms with Crippen LogP contribution in [0.15, 0.2) is 84.9 Å². The molecule has 26 heavy (non-hydrogen) atoms. The monoisotopic (exact) mass is 342 g/mol. The van der Waals surface area contributed by atoms with Crippen molar-refractivity contribution < 1.29 is 9.65 Å². The largest absolute Gasteiger partial charge is 0.618 e. The van der Waals surface area contributed by atoms with E-state index in [4.69, 9.17) is 0 Å². The third-order valence-electron chi connectivity index (χ3n) is 4.33. The molecule has 0 N–H and O–H groups in total. The summed E-state index contributed by atoms with van der Waals surface area (Å²) in [7, 11) is 0. The molecule has 0 bridgehead atoms. The van der Waals surface area contributed by atoms with Gasteiger partial charge in [0, 0.05) is 23.8 Å². The highest BCUT2D eigenvalue weighted by molar-refractivity contribution is 5.95. The molecule has 0 spiro atoms. The van der Waals surface area contributed by atoms with E-state index in [1.807, 2.05) is 60.7 Å². The zero-order valence-electron chi connectivity index (χ0n) is 13.7. The number of fused-ring (bicyclic) bond motifs is 1. The molecule has 3 aromatic carbocycles. The van der Waals surface area contributed by atoms with Crippen LogP contribution in [0, 0.1) is 15.3 Å². The molecule has 0 saturated carbocycles. The fraction of sp³-hybridized carbons (Fsp3) is 0. The molecule has 0 aliphatic carbocycles. The lowest BCUT2D eigenvalue weighted by molar-refractivity contribution is -0.580. The molecule has 0 atom stereocenters. The Labute approximate surface area is 149 Å². The highest BCUT2D eigenvalue weighted by Crippen LogP contribution is 2.31. The fourth-order valence-corrected chi connectivity index (χ4v) is 3.12. The van der Waals surface area contributed by atoms with Crippen LogP contribution >= 0.6 is 0 Å². The number of hydrogen-bond acceptors (Lipinski definition) is 3. The summed E-state index contributed by atoms with van der Waals surface area (Å²) in [4.78, 5) is 10.7. The molecule has 5 heteroatoms. The molecule has 0 radical (unpaired) electrons. The lowest BCUT2D eigenvalue weighted by atomic mass is 10.0. The lowest BCUT2D eigenvalue weighted by Crippen LogP contribution is -2.32. The zero-order chi connectivity index (χ0) is 18.1. The Morgan fingerprint density at radius 3 is 2.23 bits per heavy atom. The van der Waals surface area contributed by atoms with Crippen molar-refractivity contribution in [3.05, 3.63) is 100 Å². The maximum Gasteiger partial charge on any atom is 0.270 e. The third kappa shape index (κ3) is 2.65. The second-order valence-corrected chi connectivity index (χ2v) is 5.93. The molecule has 0 unspecified atom stereocenters. The zero-order valence-corrected chi connectivity index (χ0v) is 13.7. The maximum absolute atomic E-state index is 13.2. The van der Waals surface area contributed by atoms with Crippen molar-refractivity contribution in [1.82, 2.24) is 0 Å². The summed E-state index contributed by atoms with van der Waals surface area (Å²) >= 11 is 0. The predicted octanol–water partition coefficient (Wildman–Crippen LogP) is 4.72. The van der Waals surface area contributed by atoms with Gasteiger partial charge in [0.15, 0.2) is 0 Å². The van der Waals surface area contributed by atoms with Crippen LogP contribution in [0.4, 0.5) is 5.69 Å². The molecule has 0 amide bonds. The van der Waals surface area contributed by atoms with Crippen LogP contribution in [0.5, 0.6) is 0 Å². The molecule has 0 aliphatic heterocycles. The van der Waals surface area contributed by atoms with E-state index in [1.54, 1.807) is 12.1 Å². The van der Waals surface area contributed by atoms with Crippen LogP contribution in [0.3, 0.4) is 0 Å². The van der Waals surface area contributed by atoms with Gasteiger partial charge in [-0.25, -0.2) is 0 Å². The summed E-state index contributed by atoms with van der Waals surface area (Å²) < 4.78 is 0.858. The van der Waals surface area contributed by atoms with Crippen LogP contribution in [0.1, 0.15) is 0 Å². The van der Waals surface area contributed by atoms with Crippen molar-refractivity contribution in [2.24, 2.45) is 0 Å². The number of non-ortho nitro benzene ring substituents is 1. The first-order chi connectivity index (χ1) is 12.6. The van der Waals surface area contributed by atoms with Crippen LogP contribution in [-0.4, -0.2) is 4.92 Å². The van der Waals surface area contributed by atoms with Gasteiger partial charge in [0.1, 0.15) is 0 Å². The van der Waals surface area contributed by atoms with Crippen molar-refractivity contribution in [1.29, 1.82) is 0 Å². The van der Waals surface area contributed by atoms with Gasteiger partial charge in [-0.1, -0.05) is 42.5 Å². The van der Waals surface area contributed by atoms with E-state index in [9.17, 15) is 15.3 Å². The van der Waals surface area contributed by atoms with Crippen LogP contribution < -0.4 is 4.73 Å². The summed E-state index contributed by atoms with van der Waals surface area (Å²) in [5.41, 5.74) is 2.18. The van der Waals surface area contributed by atoms with Crippen molar-refractivity contribution in [2.75, 3.05) is 0 Å². The van der Waals surface area contributed by atoms with Gasteiger partial charge in [-0.05, 0) is 29.7 Å². The van der Waals surface area contributed by atoms with Crippen molar-refractivity contribution >= 4 is 16.5 Å². The van der Waals surface area contributed by atoms with Gasteiger partial charge in [0.05, 0.1) is 15.9 Å². The highest BCUT2D eigenvalue weighted by atomic mass is 16.6. The molecule has 0 saturated heterocycles. The number of pyridine rings is 1. The van der Waals surface area contributed by atoms with E-state index in [0.717, 1.165) is 21.1 Å². The van der Waals surface area contributed by atoms with E-state index in [-0.39, 0.29) is 5.69 Å². The van der Waals surface area contributed by atoms with Gasteiger partial charge in [-0.15, -0.1) is 0 Å². The van der Waals surface area contributed by atoms with E-state index in [2.05, 4.69) is 0 Å². The number of hydrogen-bond donors (Lipinski definition) is 0. The number of aromatic nitrogens is 1. The van der Waals surface area contributed by atoms with Gasteiger partial charge in [-0.2, -0.15) is 4.73 Å². The van der Waals surface area contributed by atoms with Crippen LogP contribution in [0.2, 0.25) is 0 Å². The Morgan fingerprint density at radius 2 is 1.46 bits per heavy atom. The van der Waals surface area contributed by atoms with E-state index in [0.29, 0.717) is 17.0 Å². The minimum atomic E-state index is -0.456. The quantitative estimate of drug-likeness (QED) is 0.234. The van der Waals surface area contributed by atoms with Crippen LogP contribution in [0.25, 0.3) is 33.3 Å². The Balaban J connectivity index is 2.06. The summed E-state index contributed by atoms with van der Waals surface area (Å²) in [5, 5.41) is 26.0. The van der Waals surface area contributed by atoms with E-state index < -0.39 is 4.92 Å². The average Bonchev–Trinajstić information content (AvgIpc) is 2.68. The van der Waals surface area contributed by atoms with Gasteiger partial charge >= 0.3 is 0 Å². The first-order valence-electron chi connectivity index (χ1n) is 8.11. The Bertz CT molecular complexity index is 1120. The molecule has 4 rings (SSSR count). The summed E-state index contributed by atoms with van der Waals surface area (Å²) in [6.45, 7) is 0. The smallest absolute Gasteiger partial charge is 0.270 e. The predicted molar refractivity (Wildman–Crippen MR) is 100 cm³/mol. The Kier molecular flexibility index (Phi) is 3.82. The second kappa shape index (κ2) is 6.29. The minimum Gasteiger partial charge on any atom is -0.618 e. The molecular weight excluding hydrogens is 328 g/mol. The molecule has 1 aromatic heterocycles. The standard InChI is InChI=1S/C21H14N2O3/c24-22-20(15-7-2-1-3-8-15)14-16-9-4-5-12-19(16)21(22)17-10-6-11-18(13-17)23(25)26/h1-14H. The summed E-state index contributed by atoms with van der Waals surface area (Å²) in [5.74, 6) is 0. The molecule has 0 aliphatic rings. The van der Waals surface area contributed by atoms with Gasteiger partial charge < -0.3 is 5.21 Å². The van der Waals surface area contributed by atoms with E-state index in [1.165, 1.54) is 12.1 Å². The first-order valence-corrected chi connectivity index (χ1v) is 8.11. The third-order valence-corrected chi connectivity index (χ3v) is 4.33. The molecule has 4 aromatic rings. The topological polar surface area (TPSA) is 70.1 Å². The molecule has 126 valence electrons. The second-order valence-electron chi connectivity index (χ2n) is 5.93. The molecule has 1 heterocycles. The van der Waals surface area contributed by atoms with Crippen LogP contribution in [-0.2, 0) is 0 Å². The number of rotatable bonds is 3. The highest BCUT2D eigenvalue weighted by Gasteiger charge is 2.21.